The quantitative estimate of drug-likeness (QED) is 0.183. The third kappa shape index (κ3) is 5.89. The Bertz CT molecular complexity index is 1740. The minimum absolute atomic E-state index is 0.0609. The van der Waals surface area contributed by atoms with Gasteiger partial charge in [0.05, 0.1) is 33.3 Å². The molecule has 3 N–H and O–H groups in total. The van der Waals surface area contributed by atoms with Gasteiger partial charge in [0.2, 0.25) is 5.95 Å². The molecule has 3 aromatic carbocycles. The average molecular weight is 612 g/mol. The van der Waals surface area contributed by atoms with Crippen LogP contribution in [0, 0.1) is 0 Å². The molecule has 0 spiro atoms. The van der Waals surface area contributed by atoms with Gasteiger partial charge in [-0.1, -0.05) is 54.6 Å². The molecule has 1 aliphatic heterocycles. The fourth-order valence-corrected chi connectivity index (χ4v) is 5.80. The molecule has 6 rings (SSSR count). The molecule has 0 amide bonds. The summed E-state index contributed by atoms with van der Waals surface area (Å²) in [5.41, 5.74) is 1.80. The average Bonchev–Trinajstić information content (AvgIpc) is 3.65. The van der Waals surface area contributed by atoms with Crippen LogP contribution in [-0.4, -0.2) is 63.7 Å². The number of methoxy groups -OCH3 is 2. The number of ether oxygens (including phenoxy) is 4. The maximum absolute atomic E-state index is 12.7. The molecule has 0 bridgehead atoms. The van der Waals surface area contributed by atoms with Crippen LogP contribution < -0.4 is 20.3 Å². The summed E-state index contributed by atoms with van der Waals surface area (Å²) in [4.78, 5) is 24.3. The van der Waals surface area contributed by atoms with Gasteiger partial charge < -0.3 is 29.4 Å². The van der Waals surface area contributed by atoms with E-state index >= 15 is 0 Å². The highest BCUT2D eigenvalue weighted by Gasteiger charge is 2.42. The number of H-pyrrole nitrogens is 1. The summed E-state index contributed by atoms with van der Waals surface area (Å²) in [7, 11) is 3.26. The van der Waals surface area contributed by atoms with Crippen LogP contribution in [0.15, 0.2) is 90.0 Å². The first kappa shape index (κ1) is 30.3. The normalized spacial score (nSPS) is 18.4. The molecular weight excluding hydrogens is 574 g/mol. The number of imidazole rings is 1. The number of anilines is 1. The zero-order valence-electron chi connectivity index (χ0n) is 25.6. The van der Waals surface area contributed by atoms with Gasteiger partial charge in [-0.05, 0) is 54.8 Å². The lowest BCUT2D eigenvalue weighted by Gasteiger charge is -2.37. The molecule has 0 saturated carbocycles. The van der Waals surface area contributed by atoms with E-state index in [4.69, 9.17) is 18.9 Å². The van der Waals surface area contributed by atoms with Gasteiger partial charge >= 0.3 is 0 Å². The van der Waals surface area contributed by atoms with Crippen molar-refractivity contribution in [3.8, 4) is 11.5 Å². The van der Waals surface area contributed by atoms with Crippen LogP contribution in [0.1, 0.15) is 43.2 Å². The monoisotopic (exact) mass is 611 g/mol. The Hall–Kier alpha value is -4.71. The number of hydrogen-bond donors (Lipinski definition) is 3. The summed E-state index contributed by atoms with van der Waals surface area (Å²) in [5.74, 6) is 1.79. The fraction of sp³-hybridized carbons (Fsp3) is 0.324. The lowest BCUT2D eigenvalue weighted by atomic mass is 9.80. The number of nitrogens with zero attached hydrogens (tertiary/aromatic N) is 3. The second-order valence-electron chi connectivity index (χ2n) is 11.3. The first-order chi connectivity index (χ1) is 21.8. The van der Waals surface area contributed by atoms with Crippen LogP contribution in [0.2, 0.25) is 0 Å². The molecule has 0 radical (unpaired) electrons. The number of aromatic amines is 1. The van der Waals surface area contributed by atoms with E-state index in [1.165, 1.54) is 6.33 Å². The number of fused-ring (bicyclic) bond motifs is 1. The van der Waals surface area contributed by atoms with Crippen molar-refractivity contribution in [3.05, 3.63) is 112 Å². The maximum Gasteiger partial charge on any atom is 0.280 e. The van der Waals surface area contributed by atoms with Crippen molar-refractivity contribution in [1.29, 1.82) is 0 Å². The number of rotatable bonds is 11. The summed E-state index contributed by atoms with van der Waals surface area (Å²) < 4.78 is 25.9. The van der Waals surface area contributed by atoms with Crippen LogP contribution in [-0.2, 0) is 15.1 Å². The predicted molar refractivity (Wildman–Crippen MR) is 170 cm³/mol. The third-order valence-corrected chi connectivity index (χ3v) is 8.01. The zero-order chi connectivity index (χ0) is 31.6. The minimum atomic E-state index is -1.06. The third-order valence-electron chi connectivity index (χ3n) is 8.01. The molecular formula is C34H37N5O6. The van der Waals surface area contributed by atoms with Crippen molar-refractivity contribution in [2.45, 2.75) is 50.3 Å². The highest BCUT2D eigenvalue weighted by atomic mass is 16.6. The molecule has 2 aromatic heterocycles. The van der Waals surface area contributed by atoms with Gasteiger partial charge in [0.25, 0.3) is 5.56 Å². The first-order valence-electron chi connectivity index (χ1n) is 14.9. The summed E-state index contributed by atoms with van der Waals surface area (Å²) in [6, 6.07) is 25.5. The molecule has 5 aromatic rings. The van der Waals surface area contributed by atoms with E-state index in [1.54, 1.807) is 18.8 Å². The number of hydrogen-bond acceptors (Lipinski definition) is 9. The standard InChI is InChI=1S/C34H37N5O6/c1-21(2)36-33-37-31-30(32(41)38-33)35-20-39(31)29-18-27(40)28(45-29)19-44-34(22-8-6-5-7-9-22,23-10-14-25(42-3)15-11-23)24-12-16-26(43-4)17-13-24/h5-17,20-21,27-29,40H,18-19H2,1-4H3,(H2,36,37,38,41)/t27-,28-,29-/m1/s1. The fourth-order valence-electron chi connectivity index (χ4n) is 5.80. The molecule has 0 aliphatic carbocycles. The van der Waals surface area contributed by atoms with E-state index in [0.717, 1.165) is 28.2 Å². The van der Waals surface area contributed by atoms with E-state index in [2.05, 4.69) is 20.3 Å². The van der Waals surface area contributed by atoms with Crippen LogP contribution in [0.4, 0.5) is 5.95 Å². The van der Waals surface area contributed by atoms with Crippen molar-refractivity contribution in [3.63, 3.8) is 0 Å². The summed E-state index contributed by atoms with van der Waals surface area (Å²) in [6.45, 7) is 3.97. The van der Waals surface area contributed by atoms with Gasteiger partial charge in [0, 0.05) is 12.5 Å². The maximum atomic E-state index is 12.7. The van der Waals surface area contributed by atoms with Gasteiger partial charge in [-0.2, -0.15) is 4.98 Å². The Morgan fingerprint density at radius 2 is 1.58 bits per heavy atom. The number of aromatic nitrogens is 4. The molecule has 3 atom stereocenters. The van der Waals surface area contributed by atoms with Crippen molar-refractivity contribution in [2.24, 2.45) is 0 Å². The zero-order valence-corrected chi connectivity index (χ0v) is 25.6. The minimum Gasteiger partial charge on any atom is -0.497 e. The molecule has 1 fully saturated rings. The SMILES string of the molecule is COc1ccc(C(OC[C@H]2O[C@@H](n3cnc4c(=O)[nH]c(NC(C)C)nc43)C[C@H]2O)(c2ccccc2)c2ccc(OC)cc2)cc1. The topological polar surface area (TPSA) is 133 Å². The summed E-state index contributed by atoms with van der Waals surface area (Å²) in [5, 5.41) is 14.4. The molecule has 1 saturated heterocycles. The number of aliphatic hydroxyl groups is 1. The molecule has 1 aliphatic rings. The van der Waals surface area contributed by atoms with Crippen LogP contribution in [0.25, 0.3) is 11.2 Å². The molecule has 3 heterocycles. The lowest BCUT2D eigenvalue weighted by molar-refractivity contribution is -0.0931. The summed E-state index contributed by atoms with van der Waals surface area (Å²) in [6.07, 6.45) is -0.335. The largest absolute Gasteiger partial charge is 0.497 e. The molecule has 234 valence electrons. The Morgan fingerprint density at radius 3 is 2.16 bits per heavy atom. The Kier molecular flexibility index (Phi) is 8.57. The van der Waals surface area contributed by atoms with Gasteiger partial charge in [-0.3, -0.25) is 14.3 Å². The van der Waals surface area contributed by atoms with Gasteiger partial charge in [0.1, 0.15) is 29.4 Å². The number of benzene rings is 3. The van der Waals surface area contributed by atoms with E-state index in [0.29, 0.717) is 11.6 Å². The Morgan fingerprint density at radius 1 is 0.978 bits per heavy atom. The van der Waals surface area contributed by atoms with Crippen LogP contribution >= 0.6 is 0 Å². The highest BCUT2D eigenvalue weighted by Crippen LogP contribution is 2.43. The van der Waals surface area contributed by atoms with E-state index < -0.39 is 24.0 Å². The highest BCUT2D eigenvalue weighted by molar-refractivity contribution is 5.71. The smallest absolute Gasteiger partial charge is 0.280 e. The van der Waals surface area contributed by atoms with Crippen LogP contribution in [0.3, 0.4) is 0 Å². The van der Waals surface area contributed by atoms with Gasteiger partial charge in [0.15, 0.2) is 11.2 Å². The summed E-state index contributed by atoms with van der Waals surface area (Å²) >= 11 is 0. The molecule has 11 nitrogen and oxygen atoms in total. The van der Waals surface area contributed by atoms with Crippen molar-refractivity contribution >= 4 is 17.1 Å². The second-order valence-corrected chi connectivity index (χ2v) is 11.3. The van der Waals surface area contributed by atoms with E-state index in [9.17, 15) is 9.90 Å². The Labute approximate surface area is 260 Å². The lowest BCUT2D eigenvalue weighted by Crippen LogP contribution is -2.38. The van der Waals surface area contributed by atoms with Crippen molar-refractivity contribution in [2.75, 3.05) is 26.1 Å². The first-order valence-corrected chi connectivity index (χ1v) is 14.9. The van der Waals surface area contributed by atoms with Crippen molar-refractivity contribution in [1.82, 2.24) is 19.5 Å². The van der Waals surface area contributed by atoms with Gasteiger partial charge in [-0.25, -0.2) is 4.98 Å². The Balaban J connectivity index is 1.35. The second kappa shape index (κ2) is 12.7. The van der Waals surface area contributed by atoms with E-state index in [-0.39, 0.29) is 30.1 Å². The van der Waals surface area contributed by atoms with E-state index in [1.807, 2.05) is 92.7 Å². The number of aliphatic hydroxyl groups excluding tert-OH is 1. The van der Waals surface area contributed by atoms with Crippen molar-refractivity contribution < 1.29 is 24.1 Å². The molecule has 11 heteroatoms. The van der Waals surface area contributed by atoms with Gasteiger partial charge in [-0.15, -0.1) is 0 Å². The van der Waals surface area contributed by atoms with Crippen LogP contribution in [0.5, 0.6) is 11.5 Å². The predicted octanol–water partition coefficient (Wildman–Crippen LogP) is 4.61. The molecule has 45 heavy (non-hydrogen) atoms. The molecule has 0 unspecified atom stereocenters. The number of nitrogens with one attached hydrogen (secondary N) is 2.